The van der Waals surface area contributed by atoms with E-state index in [0.29, 0.717) is 6.42 Å². The van der Waals surface area contributed by atoms with Crippen LogP contribution in [0.2, 0.25) is 0 Å². The van der Waals surface area contributed by atoms with Crippen molar-refractivity contribution in [1.29, 1.82) is 0 Å². The Kier molecular flexibility index (Phi) is 3.42. The summed E-state index contributed by atoms with van der Waals surface area (Å²) >= 11 is 0. The molecule has 1 heterocycles. The maximum absolute atomic E-state index is 13.0. The Hall–Kier alpha value is -1.84. The number of unbranched alkanes of at least 4 members (excludes halogenated alkanes) is 1. The Labute approximate surface area is 98.5 Å². The summed E-state index contributed by atoms with van der Waals surface area (Å²) in [6.07, 6.45) is 3.59. The summed E-state index contributed by atoms with van der Waals surface area (Å²) in [6, 6.07) is 6.57. The van der Waals surface area contributed by atoms with Gasteiger partial charge in [-0.2, -0.15) is 0 Å². The normalized spacial score (nSPS) is 10.9. The number of carbonyl (C=O) groups is 1. The second kappa shape index (κ2) is 4.99. The van der Waals surface area contributed by atoms with E-state index in [4.69, 9.17) is 5.11 Å². The van der Waals surface area contributed by atoms with E-state index in [0.717, 1.165) is 23.9 Å². The number of hydrogen-bond acceptors (Lipinski definition) is 1. The van der Waals surface area contributed by atoms with E-state index in [1.165, 1.54) is 12.1 Å². The van der Waals surface area contributed by atoms with Gasteiger partial charge in [-0.05, 0) is 37.1 Å². The van der Waals surface area contributed by atoms with Crippen LogP contribution in [0.3, 0.4) is 0 Å². The van der Waals surface area contributed by atoms with E-state index in [2.05, 4.69) is 0 Å². The lowest BCUT2D eigenvalue weighted by Gasteiger charge is -2.04. The van der Waals surface area contributed by atoms with Crippen LogP contribution in [-0.2, 0) is 11.3 Å². The first-order valence-corrected chi connectivity index (χ1v) is 5.63. The summed E-state index contributed by atoms with van der Waals surface area (Å²) < 4.78 is 15.0. The van der Waals surface area contributed by atoms with Gasteiger partial charge in [-0.3, -0.25) is 4.79 Å². The molecule has 17 heavy (non-hydrogen) atoms. The summed E-state index contributed by atoms with van der Waals surface area (Å²) in [7, 11) is 0. The minimum Gasteiger partial charge on any atom is -0.481 e. The minimum atomic E-state index is -0.760. The molecule has 0 aliphatic carbocycles. The predicted octanol–water partition coefficient (Wildman–Crippen LogP) is 3.04. The number of carboxylic acids is 1. The number of halogens is 1. The summed E-state index contributed by atoms with van der Waals surface area (Å²) in [5.74, 6) is -0.995. The monoisotopic (exact) mass is 235 g/mol. The maximum Gasteiger partial charge on any atom is 0.303 e. The molecule has 1 aromatic carbocycles. The molecular weight excluding hydrogens is 221 g/mol. The quantitative estimate of drug-likeness (QED) is 0.809. The fourth-order valence-electron chi connectivity index (χ4n) is 1.92. The van der Waals surface area contributed by atoms with E-state index in [-0.39, 0.29) is 12.2 Å². The Morgan fingerprint density at radius 3 is 2.88 bits per heavy atom. The van der Waals surface area contributed by atoms with Gasteiger partial charge in [-0.1, -0.05) is 0 Å². The van der Waals surface area contributed by atoms with Crippen LogP contribution in [0.5, 0.6) is 0 Å². The van der Waals surface area contributed by atoms with Crippen LogP contribution in [0, 0.1) is 5.82 Å². The zero-order valence-electron chi connectivity index (χ0n) is 9.40. The van der Waals surface area contributed by atoms with Crippen LogP contribution in [0.1, 0.15) is 19.3 Å². The van der Waals surface area contributed by atoms with Crippen LogP contribution < -0.4 is 0 Å². The smallest absolute Gasteiger partial charge is 0.303 e. The van der Waals surface area contributed by atoms with E-state index < -0.39 is 5.97 Å². The molecule has 3 nitrogen and oxygen atoms in total. The number of rotatable bonds is 5. The van der Waals surface area contributed by atoms with Gasteiger partial charge >= 0.3 is 5.97 Å². The number of carboxylic acid groups (broad SMARTS) is 1. The van der Waals surface area contributed by atoms with Gasteiger partial charge in [0.1, 0.15) is 5.82 Å². The SMILES string of the molecule is O=C(O)CCCCn1ccc2cc(F)ccc21. The number of nitrogens with zero attached hydrogens (tertiary/aromatic N) is 1. The Balaban J connectivity index is 2.01. The van der Waals surface area contributed by atoms with Gasteiger partial charge in [0.2, 0.25) is 0 Å². The molecule has 0 saturated heterocycles. The van der Waals surface area contributed by atoms with Gasteiger partial charge < -0.3 is 9.67 Å². The number of aryl methyl sites for hydroxylation is 1. The van der Waals surface area contributed by atoms with Gasteiger partial charge in [0, 0.05) is 30.1 Å². The fraction of sp³-hybridized carbons (Fsp3) is 0.308. The van der Waals surface area contributed by atoms with Gasteiger partial charge in [0.25, 0.3) is 0 Å². The average Bonchev–Trinajstić information content (AvgIpc) is 2.66. The van der Waals surface area contributed by atoms with Crippen molar-refractivity contribution in [2.24, 2.45) is 0 Å². The van der Waals surface area contributed by atoms with Crippen LogP contribution in [0.15, 0.2) is 30.5 Å². The van der Waals surface area contributed by atoms with Gasteiger partial charge in [-0.15, -0.1) is 0 Å². The number of aromatic nitrogens is 1. The van der Waals surface area contributed by atoms with Crippen molar-refractivity contribution in [1.82, 2.24) is 4.57 Å². The zero-order chi connectivity index (χ0) is 12.3. The Bertz CT molecular complexity index is 533. The van der Waals surface area contributed by atoms with Crippen molar-refractivity contribution in [2.75, 3.05) is 0 Å². The third-order valence-corrected chi connectivity index (χ3v) is 2.77. The highest BCUT2D eigenvalue weighted by Gasteiger charge is 2.02. The molecule has 4 heteroatoms. The van der Waals surface area contributed by atoms with Crippen LogP contribution in [0.25, 0.3) is 10.9 Å². The second-order valence-electron chi connectivity index (χ2n) is 4.06. The molecule has 2 aromatic rings. The summed E-state index contributed by atoms with van der Waals surface area (Å²) in [6.45, 7) is 0.766. The lowest BCUT2D eigenvalue weighted by molar-refractivity contribution is -0.137. The van der Waals surface area contributed by atoms with Crippen molar-refractivity contribution >= 4 is 16.9 Å². The molecule has 0 aliphatic rings. The van der Waals surface area contributed by atoms with Crippen LogP contribution in [0.4, 0.5) is 4.39 Å². The van der Waals surface area contributed by atoms with E-state index >= 15 is 0 Å². The minimum absolute atomic E-state index is 0.202. The van der Waals surface area contributed by atoms with Crippen LogP contribution >= 0.6 is 0 Å². The van der Waals surface area contributed by atoms with Crippen molar-refractivity contribution < 1.29 is 14.3 Å². The average molecular weight is 235 g/mol. The molecule has 0 amide bonds. The maximum atomic E-state index is 13.0. The highest BCUT2D eigenvalue weighted by atomic mass is 19.1. The molecule has 1 N–H and O–H groups in total. The highest BCUT2D eigenvalue weighted by Crippen LogP contribution is 2.17. The molecule has 0 spiro atoms. The molecule has 1 aromatic heterocycles. The van der Waals surface area contributed by atoms with Crippen molar-refractivity contribution in [2.45, 2.75) is 25.8 Å². The summed E-state index contributed by atoms with van der Waals surface area (Å²) in [5, 5.41) is 9.40. The lowest BCUT2D eigenvalue weighted by atomic mass is 10.2. The van der Waals surface area contributed by atoms with E-state index in [9.17, 15) is 9.18 Å². The Morgan fingerprint density at radius 2 is 2.12 bits per heavy atom. The number of hydrogen-bond donors (Lipinski definition) is 1. The molecule has 0 bridgehead atoms. The molecule has 0 aliphatic heterocycles. The zero-order valence-corrected chi connectivity index (χ0v) is 9.40. The summed E-state index contributed by atoms with van der Waals surface area (Å²) in [5.41, 5.74) is 0.988. The molecule has 0 atom stereocenters. The largest absolute Gasteiger partial charge is 0.481 e. The number of fused-ring (bicyclic) bond motifs is 1. The third-order valence-electron chi connectivity index (χ3n) is 2.77. The van der Waals surface area contributed by atoms with Gasteiger partial charge in [0.05, 0.1) is 0 Å². The standard InChI is InChI=1S/C13H14FNO2/c14-11-4-5-12-10(9-11)6-8-15(12)7-2-1-3-13(16)17/h4-6,8-9H,1-3,7H2,(H,16,17). The predicted molar refractivity (Wildman–Crippen MR) is 63.4 cm³/mol. The van der Waals surface area contributed by atoms with Crippen molar-refractivity contribution in [3.05, 3.63) is 36.3 Å². The first kappa shape index (κ1) is 11.6. The van der Waals surface area contributed by atoms with Crippen molar-refractivity contribution in [3.63, 3.8) is 0 Å². The molecule has 0 radical (unpaired) electrons. The fourth-order valence-corrected chi connectivity index (χ4v) is 1.92. The molecule has 2 rings (SSSR count). The van der Waals surface area contributed by atoms with E-state index in [1.54, 1.807) is 6.07 Å². The van der Waals surface area contributed by atoms with Crippen molar-refractivity contribution in [3.8, 4) is 0 Å². The topological polar surface area (TPSA) is 42.2 Å². The van der Waals surface area contributed by atoms with E-state index in [1.807, 2.05) is 16.8 Å². The number of benzene rings is 1. The van der Waals surface area contributed by atoms with Gasteiger partial charge in [-0.25, -0.2) is 4.39 Å². The van der Waals surface area contributed by atoms with Gasteiger partial charge in [0.15, 0.2) is 0 Å². The lowest BCUT2D eigenvalue weighted by Crippen LogP contribution is -1.99. The Morgan fingerprint density at radius 1 is 1.29 bits per heavy atom. The molecule has 0 fully saturated rings. The summed E-state index contributed by atoms with van der Waals surface area (Å²) in [4.78, 5) is 10.4. The first-order valence-electron chi connectivity index (χ1n) is 5.63. The second-order valence-corrected chi connectivity index (χ2v) is 4.06. The molecule has 90 valence electrons. The molecular formula is C13H14FNO2. The third kappa shape index (κ3) is 2.84. The molecule has 0 saturated carbocycles. The molecule has 0 unspecified atom stereocenters. The first-order chi connectivity index (χ1) is 8.16. The highest BCUT2D eigenvalue weighted by molar-refractivity contribution is 5.80. The van der Waals surface area contributed by atoms with Crippen LogP contribution in [-0.4, -0.2) is 15.6 Å². The number of aliphatic carboxylic acids is 1.